The largest absolute Gasteiger partial charge is 0.486 e. The van der Waals surface area contributed by atoms with E-state index >= 15 is 0 Å². The van der Waals surface area contributed by atoms with Gasteiger partial charge in [-0.05, 0) is 24.1 Å². The zero-order valence-corrected chi connectivity index (χ0v) is 8.52. The van der Waals surface area contributed by atoms with Crippen LogP contribution in [0, 0.1) is 0 Å². The third-order valence-corrected chi connectivity index (χ3v) is 2.34. The topological polar surface area (TPSA) is 53.7 Å². The first kappa shape index (κ1) is 10.4. The van der Waals surface area contributed by atoms with Gasteiger partial charge in [-0.15, -0.1) is 0 Å². The van der Waals surface area contributed by atoms with E-state index in [9.17, 15) is 0 Å². The van der Waals surface area contributed by atoms with E-state index in [2.05, 4.69) is 4.84 Å². The van der Waals surface area contributed by atoms with Gasteiger partial charge in [0.25, 0.3) is 0 Å². The van der Waals surface area contributed by atoms with E-state index in [4.69, 9.17) is 15.4 Å². The number of rotatable bonds is 5. The van der Waals surface area contributed by atoms with Crippen LogP contribution in [0.3, 0.4) is 0 Å². The molecule has 0 aliphatic carbocycles. The zero-order valence-electron chi connectivity index (χ0n) is 8.52. The third-order valence-electron chi connectivity index (χ3n) is 2.34. The average molecular weight is 209 g/mol. The molecule has 1 saturated heterocycles. The van der Waals surface area contributed by atoms with Crippen molar-refractivity contribution in [2.24, 2.45) is 5.90 Å². The number of hydrogen-bond donors (Lipinski definition) is 1. The Morgan fingerprint density at radius 2 is 2.00 bits per heavy atom. The quantitative estimate of drug-likeness (QED) is 0.732. The van der Waals surface area contributed by atoms with Crippen molar-refractivity contribution in [1.82, 2.24) is 0 Å². The smallest absolute Gasteiger partial charge is 0.145 e. The summed E-state index contributed by atoms with van der Waals surface area (Å²) in [5.41, 5.74) is 1.19. The Hall–Kier alpha value is -1.10. The highest BCUT2D eigenvalue weighted by Gasteiger charge is 2.19. The molecule has 1 aromatic carbocycles. The summed E-state index contributed by atoms with van der Waals surface area (Å²) in [6.07, 6.45) is 1.05. The van der Waals surface area contributed by atoms with Gasteiger partial charge >= 0.3 is 0 Å². The van der Waals surface area contributed by atoms with Crippen molar-refractivity contribution in [2.75, 3.05) is 19.8 Å². The summed E-state index contributed by atoms with van der Waals surface area (Å²) < 4.78 is 10.7. The number of nitrogens with two attached hydrogens (primary N) is 1. The zero-order chi connectivity index (χ0) is 10.5. The van der Waals surface area contributed by atoms with Crippen molar-refractivity contribution >= 4 is 0 Å². The van der Waals surface area contributed by atoms with Crippen LogP contribution in [0.2, 0.25) is 0 Å². The number of ether oxygens (including phenoxy) is 2. The van der Waals surface area contributed by atoms with E-state index in [-0.39, 0.29) is 6.10 Å². The second-order valence-corrected chi connectivity index (χ2v) is 3.54. The molecular weight excluding hydrogens is 194 g/mol. The standard InChI is InChI=1S/C11H15NO3/c12-14-6-5-9-1-3-10(4-2-9)15-11-7-13-8-11/h1-4,11H,5-8,12H2. The summed E-state index contributed by atoms with van der Waals surface area (Å²) in [7, 11) is 0. The maximum atomic E-state index is 5.63. The van der Waals surface area contributed by atoms with Crippen LogP contribution < -0.4 is 10.6 Å². The van der Waals surface area contributed by atoms with Crippen LogP contribution in [-0.4, -0.2) is 25.9 Å². The molecule has 0 unspecified atom stereocenters. The second kappa shape index (κ2) is 5.11. The van der Waals surface area contributed by atoms with Gasteiger partial charge in [-0.3, -0.25) is 0 Å². The molecule has 0 bridgehead atoms. The molecule has 0 amide bonds. The van der Waals surface area contributed by atoms with Crippen LogP contribution in [0.4, 0.5) is 0 Å². The van der Waals surface area contributed by atoms with Gasteiger partial charge < -0.3 is 14.3 Å². The fraction of sp³-hybridized carbons (Fsp3) is 0.455. The highest BCUT2D eigenvalue weighted by atomic mass is 16.6. The van der Waals surface area contributed by atoms with Gasteiger partial charge in [-0.1, -0.05) is 12.1 Å². The van der Waals surface area contributed by atoms with E-state index in [1.807, 2.05) is 24.3 Å². The normalized spacial score (nSPS) is 16.1. The Morgan fingerprint density at radius 3 is 2.53 bits per heavy atom. The Kier molecular flexibility index (Phi) is 3.55. The summed E-state index contributed by atoms with van der Waals surface area (Å²) in [5, 5.41) is 0. The molecular formula is C11H15NO3. The predicted octanol–water partition coefficient (Wildman–Crippen LogP) is 0.897. The molecule has 2 N–H and O–H groups in total. The van der Waals surface area contributed by atoms with Crippen LogP contribution in [0.25, 0.3) is 0 Å². The molecule has 0 atom stereocenters. The van der Waals surface area contributed by atoms with Crippen LogP contribution in [0.15, 0.2) is 24.3 Å². The first-order valence-electron chi connectivity index (χ1n) is 5.03. The molecule has 1 aliphatic rings. The SMILES string of the molecule is NOCCc1ccc(OC2COC2)cc1. The van der Waals surface area contributed by atoms with Crippen molar-refractivity contribution in [3.8, 4) is 5.75 Å². The fourth-order valence-corrected chi connectivity index (χ4v) is 1.39. The predicted molar refractivity (Wildman–Crippen MR) is 55.5 cm³/mol. The molecule has 1 fully saturated rings. The summed E-state index contributed by atoms with van der Waals surface area (Å²) >= 11 is 0. The molecule has 15 heavy (non-hydrogen) atoms. The maximum Gasteiger partial charge on any atom is 0.145 e. The molecule has 4 nitrogen and oxygen atoms in total. The molecule has 1 aromatic rings. The number of hydrogen-bond acceptors (Lipinski definition) is 4. The Morgan fingerprint density at radius 1 is 1.27 bits per heavy atom. The molecule has 0 saturated carbocycles. The van der Waals surface area contributed by atoms with Crippen molar-refractivity contribution in [2.45, 2.75) is 12.5 Å². The van der Waals surface area contributed by atoms with Crippen molar-refractivity contribution in [3.05, 3.63) is 29.8 Å². The minimum Gasteiger partial charge on any atom is -0.486 e. The van der Waals surface area contributed by atoms with Gasteiger partial charge in [-0.25, -0.2) is 5.90 Å². The van der Waals surface area contributed by atoms with Crippen LogP contribution in [0.5, 0.6) is 5.75 Å². The first-order valence-corrected chi connectivity index (χ1v) is 5.03. The highest BCUT2D eigenvalue weighted by molar-refractivity contribution is 5.27. The highest BCUT2D eigenvalue weighted by Crippen LogP contribution is 2.16. The molecule has 1 aliphatic heterocycles. The average Bonchev–Trinajstić information content (AvgIpc) is 2.22. The first-order chi connectivity index (χ1) is 7.38. The maximum absolute atomic E-state index is 5.63. The van der Waals surface area contributed by atoms with Crippen molar-refractivity contribution in [3.63, 3.8) is 0 Å². The Balaban J connectivity index is 1.85. The molecule has 0 radical (unpaired) electrons. The Bertz CT molecular complexity index is 295. The number of benzene rings is 1. The van der Waals surface area contributed by atoms with Gasteiger partial charge in [0.1, 0.15) is 11.9 Å². The lowest BCUT2D eigenvalue weighted by Gasteiger charge is -2.26. The summed E-state index contributed by atoms with van der Waals surface area (Å²) in [6.45, 7) is 1.93. The van der Waals surface area contributed by atoms with Gasteiger partial charge in [0.15, 0.2) is 0 Å². The molecule has 82 valence electrons. The minimum absolute atomic E-state index is 0.225. The summed E-state index contributed by atoms with van der Waals surface area (Å²) in [4.78, 5) is 4.52. The van der Waals surface area contributed by atoms with E-state index < -0.39 is 0 Å². The third kappa shape index (κ3) is 2.92. The van der Waals surface area contributed by atoms with Gasteiger partial charge in [0, 0.05) is 0 Å². The van der Waals surface area contributed by atoms with E-state index in [1.165, 1.54) is 5.56 Å². The minimum atomic E-state index is 0.225. The van der Waals surface area contributed by atoms with Gasteiger partial charge in [-0.2, -0.15) is 0 Å². The molecule has 1 heterocycles. The van der Waals surface area contributed by atoms with Crippen molar-refractivity contribution < 1.29 is 14.3 Å². The van der Waals surface area contributed by atoms with Crippen LogP contribution >= 0.6 is 0 Å². The fourth-order valence-electron chi connectivity index (χ4n) is 1.39. The van der Waals surface area contributed by atoms with Gasteiger partial charge in [0.2, 0.25) is 0 Å². The molecule has 0 aromatic heterocycles. The lowest BCUT2D eigenvalue weighted by atomic mass is 10.1. The summed E-state index contributed by atoms with van der Waals surface area (Å²) in [6, 6.07) is 7.97. The van der Waals surface area contributed by atoms with E-state index in [0.717, 1.165) is 12.2 Å². The lowest BCUT2D eigenvalue weighted by Crippen LogP contribution is -2.38. The van der Waals surface area contributed by atoms with Crippen LogP contribution in [-0.2, 0) is 16.0 Å². The van der Waals surface area contributed by atoms with Crippen molar-refractivity contribution in [1.29, 1.82) is 0 Å². The molecule has 4 heteroatoms. The van der Waals surface area contributed by atoms with E-state index in [0.29, 0.717) is 19.8 Å². The lowest BCUT2D eigenvalue weighted by molar-refractivity contribution is -0.0796. The van der Waals surface area contributed by atoms with Gasteiger partial charge in [0.05, 0.1) is 19.8 Å². The Labute approximate surface area is 88.9 Å². The summed E-state index contributed by atoms with van der Waals surface area (Å²) in [5.74, 6) is 5.85. The van der Waals surface area contributed by atoms with E-state index in [1.54, 1.807) is 0 Å². The van der Waals surface area contributed by atoms with Crippen LogP contribution in [0.1, 0.15) is 5.56 Å². The molecule has 2 rings (SSSR count). The molecule has 0 spiro atoms. The monoisotopic (exact) mass is 209 g/mol. The second-order valence-electron chi connectivity index (χ2n) is 3.54.